The summed E-state index contributed by atoms with van der Waals surface area (Å²) in [6.07, 6.45) is 0. The van der Waals surface area contributed by atoms with E-state index < -0.39 is 6.04 Å². The van der Waals surface area contributed by atoms with Gasteiger partial charge in [-0.25, -0.2) is 4.39 Å². The predicted molar refractivity (Wildman–Crippen MR) is 54.7 cm³/mol. The van der Waals surface area contributed by atoms with E-state index in [1.807, 2.05) is 0 Å². The highest BCUT2D eigenvalue weighted by Crippen LogP contribution is 2.29. The Balaban J connectivity index is 3.23. The van der Waals surface area contributed by atoms with Crippen molar-refractivity contribution in [1.29, 1.82) is 0 Å². The van der Waals surface area contributed by atoms with Crippen molar-refractivity contribution in [3.63, 3.8) is 0 Å². The van der Waals surface area contributed by atoms with Crippen LogP contribution in [-0.2, 0) is 0 Å². The second-order valence-corrected chi connectivity index (χ2v) is 3.18. The quantitative estimate of drug-likeness (QED) is 0.752. The SMILES string of the molecule is C=C(C)C(N)c1c(F)cccc1OC. The summed E-state index contributed by atoms with van der Waals surface area (Å²) in [5.74, 6) is 0.0975. The van der Waals surface area contributed by atoms with Crippen LogP contribution in [0.25, 0.3) is 0 Å². The van der Waals surface area contributed by atoms with E-state index in [0.717, 1.165) is 0 Å². The molecule has 0 aliphatic rings. The van der Waals surface area contributed by atoms with E-state index in [4.69, 9.17) is 10.5 Å². The van der Waals surface area contributed by atoms with Gasteiger partial charge in [0.2, 0.25) is 0 Å². The smallest absolute Gasteiger partial charge is 0.132 e. The van der Waals surface area contributed by atoms with Crippen molar-refractivity contribution in [3.05, 3.63) is 41.7 Å². The largest absolute Gasteiger partial charge is 0.496 e. The molecule has 1 aromatic rings. The van der Waals surface area contributed by atoms with Crippen LogP contribution in [0.3, 0.4) is 0 Å². The van der Waals surface area contributed by atoms with Crippen LogP contribution in [-0.4, -0.2) is 7.11 Å². The Kier molecular flexibility index (Phi) is 3.25. The van der Waals surface area contributed by atoms with Gasteiger partial charge in [-0.1, -0.05) is 18.2 Å². The summed E-state index contributed by atoms with van der Waals surface area (Å²) in [4.78, 5) is 0. The van der Waals surface area contributed by atoms with E-state index in [1.54, 1.807) is 19.1 Å². The van der Waals surface area contributed by atoms with Crippen LogP contribution in [0.2, 0.25) is 0 Å². The number of benzene rings is 1. The molecule has 0 bridgehead atoms. The molecular formula is C11H14FNO. The van der Waals surface area contributed by atoms with Gasteiger partial charge in [-0.2, -0.15) is 0 Å². The molecular weight excluding hydrogens is 181 g/mol. The van der Waals surface area contributed by atoms with Crippen molar-refractivity contribution in [2.24, 2.45) is 5.73 Å². The zero-order valence-corrected chi connectivity index (χ0v) is 8.38. The predicted octanol–water partition coefficient (Wildman–Crippen LogP) is 2.41. The first-order valence-corrected chi connectivity index (χ1v) is 4.31. The summed E-state index contributed by atoms with van der Waals surface area (Å²) in [6, 6.07) is 4.11. The Hall–Kier alpha value is -1.35. The minimum Gasteiger partial charge on any atom is -0.496 e. The molecule has 1 unspecified atom stereocenters. The molecule has 2 N–H and O–H groups in total. The lowest BCUT2D eigenvalue weighted by molar-refractivity contribution is 0.401. The Morgan fingerprint density at radius 1 is 1.57 bits per heavy atom. The molecule has 0 fully saturated rings. The average Bonchev–Trinajstić information content (AvgIpc) is 2.16. The fourth-order valence-corrected chi connectivity index (χ4v) is 1.24. The van der Waals surface area contributed by atoms with E-state index in [2.05, 4.69) is 6.58 Å². The number of ether oxygens (including phenoxy) is 1. The maximum absolute atomic E-state index is 13.4. The summed E-state index contributed by atoms with van der Waals surface area (Å²) in [6.45, 7) is 5.46. The zero-order valence-electron chi connectivity index (χ0n) is 8.38. The number of halogens is 1. The van der Waals surface area contributed by atoms with Gasteiger partial charge in [0.1, 0.15) is 11.6 Å². The number of methoxy groups -OCH3 is 1. The highest BCUT2D eigenvalue weighted by Gasteiger charge is 2.16. The van der Waals surface area contributed by atoms with Gasteiger partial charge in [-0.15, -0.1) is 0 Å². The van der Waals surface area contributed by atoms with Crippen molar-refractivity contribution < 1.29 is 9.13 Å². The number of nitrogens with two attached hydrogens (primary N) is 1. The van der Waals surface area contributed by atoms with Crippen LogP contribution >= 0.6 is 0 Å². The van der Waals surface area contributed by atoms with Crippen LogP contribution in [0.15, 0.2) is 30.4 Å². The third-order valence-electron chi connectivity index (χ3n) is 2.07. The summed E-state index contributed by atoms with van der Waals surface area (Å²) in [5, 5.41) is 0. The fourth-order valence-electron chi connectivity index (χ4n) is 1.24. The first-order valence-electron chi connectivity index (χ1n) is 4.31. The molecule has 0 saturated carbocycles. The summed E-state index contributed by atoms with van der Waals surface area (Å²) in [7, 11) is 1.49. The molecule has 76 valence electrons. The topological polar surface area (TPSA) is 35.2 Å². The van der Waals surface area contributed by atoms with E-state index in [9.17, 15) is 4.39 Å². The maximum Gasteiger partial charge on any atom is 0.132 e. The van der Waals surface area contributed by atoms with Crippen LogP contribution in [0.1, 0.15) is 18.5 Å². The molecule has 1 aromatic carbocycles. The third kappa shape index (κ3) is 1.93. The van der Waals surface area contributed by atoms with Gasteiger partial charge in [0.25, 0.3) is 0 Å². The first kappa shape index (κ1) is 10.7. The molecule has 1 rings (SSSR count). The van der Waals surface area contributed by atoms with Crippen molar-refractivity contribution in [2.75, 3.05) is 7.11 Å². The van der Waals surface area contributed by atoms with Gasteiger partial charge in [-0.3, -0.25) is 0 Å². The maximum atomic E-state index is 13.4. The number of hydrogen-bond donors (Lipinski definition) is 1. The molecule has 0 spiro atoms. The van der Waals surface area contributed by atoms with Gasteiger partial charge < -0.3 is 10.5 Å². The number of hydrogen-bond acceptors (Lipinski definition) is 2. The van der Waals surface area contributed by atoms with Gasteiger partial charge in [0.15, 0.2) is 0 Å². The molecule has 0 amide bonds. The Bertz CT molecular complexity index is 349. The van der Waals surface area contributed by atoms with E-state index in [1.165, 1.54) is 13.2 Å². The van der Waals surface area contributed by atoms with Crippen LogP contribution in [0, 0.1) is 5.82 Å². The summed E-state index contributed by atoms with van der Waals surface area (Å²) >= 11 is 0. The summed E-state index contributed by atoms with van der Waals surface area (Å²) in [5.41, 5.74) is 6.86. The highest BCUT2D eigenvalue weighted by molar-refractivity contribution is 5.40. The molecule has 1 atom stereocenters. The van der Waals surface area contributed by atoms with Crippen molar-refractivity contribution >= 4 is 0 Å². The van der Waals surface area contributed by atoms with Gasteiger partial charge in [0, 0.05) is 0 Å². The molecule has 0 saturated heterocycles. The minimum absolute atomic E-state index is 0.361. The fraction of sp³-hybridized carbons (Fsp3) is 0.273. The highest BCUT2D eigenvalue weighted by atomic mass is 19.1. The van der Waals surface area contributed by atoms with Crippen LogP contribution in [0.5, 0.6) is 5.75 Å². The van der Waals surface area contributed by atoms with Crippen molar-refractivity contribution in [3.8, 4) is 5.75 Å². The Morgan fingerprint density at radius 2 is 2.21 bits per heavy atom. The Morgan fingerprint density at radius 3 is 2.71 bits per heavy atom. The minimum atomic E-state index is -0.522. The molecule has 14 heavy (non-hydrogen) atoms. The monoisotopic (exact) mass is 195 g/mol. The lowest BCUT2D eigenvalue weighted by atomic mass is 10.0. The molecule has 0 radical (unpaired) electrons. The zero-order chi connectivity index (χ0) is 10.7. The van der Waals surface area contributed by atoms with E-state index >= 15 is 0 Å². The third-order valence-corrected chi connectivity index (χ3v) is 2.07. The second kappa shape index (κ2) is 4.24. The molecule has 0 aliphatic carbocycles. The van der Waals surface area contributed by atoms with E-state index in [0.29, 0.717) is 16.9 Å². The lowest BCUT2D eigenvalue weighted by Crippen LogP contribution is -2.14. The lowest BCUT2D eigenvalue weighted by Gasteiger charge is -2.16. The van der Waals surface area contributed by atoms with Crippen molar-refractivity contribution in [1.82, 2.24) is 0 Å². The molecule has 0 heterocycles. The molecule has 0 aliphatic heterocycles. The normalized spacial score (nSPS) is 12.3. The van der Waals surface area contributed by atoms with Crippen LogP contribution < -0.4 is 10.5 Å². The molecule has 3 heteroatoms. The average molecular weight is 195 g/mol. The Labute approximate surface area is 83.2 Å². The second-order valence-electron chi connectivity index (χ2n) is 3.18. The molecule has 2 nitrogen and oxygen atoms in total. The summed E-state index contributed by atoms with van der Waals surface area (Å²) < 4.78 is 18.5. The van der Waals surface area contributed by atoms with Crippen molar-refractivity contribution in [2.45, 2.75) is 13.0 Å². The number of rotatable bonds is 3. The van der Waals surface area contributed by atoms with Gasteiger partial charge in [-0.05, 0) is 19.1 Å². The first-order chi connectivity index (χ1) is 6.57. The molecule has 0 aromatic heterocycles. The standard InChI is InChI=1S/C11H14FNO/c1-7(2)11(13)10-8(12)5-4-6-9(10)14-3/h4-6,11H,1,13H2,2-3H3. The van der Waals surface area contributed by atoms with Gasteiger partial charge >= 0.3 is 0 Å². The van der Waals surface area contributed by atoms with Crippen LogP contribution in [0.4, 0.5) is 4.39 Å². The van der Waals surface area contributed by atoms with E-state index in [-0.39, 0.29) is 5.82 Å². The van der Waals surface area contributed by atoms with Gasteiger partial charge in [0.05, 0.1) is 18.7 Å².